The molecule has 0 nitrogen and oxygen atoms in total. The van der Waals surface area contributed by atoms with Gasteiger partial charge in [0.1, 0.15) is 0 Å². The summed E-state index contributed by atoms with van der Waals surface area (Å²) in [6.07, 6.45) is 3.67. The fraction of sp³-hybridized carbons (Fsp3) is 0.520. The molecule has 0 N–H and O–H groups in total. The first-order chi connectivity index (χ1) is 12.3. The second-order valence-electron chi connectivity index (χ2n) is 8.52. The van der Waals surface area contributed by atoms with Gasteiger partial charge in [-0.25, -0.2) is 0 Å². The molecule has 2 aromatic rings. The van der Waals surface area contributed by atoms with Gasteiger partial charge in [0, 0.05) is 0 Å². The van der Waals surface area contributed by atoms with Gasteiger partial charge < -0.3 is 0 Å². The number of unbranched alkanes of at least 4 members (excludes halogenated alkanes) is 1. The Morgan fingerprint density at radius 1 is 0.846 bits per heavy atom. The van der Waals surface area contributed by atoms with E-state index in [2.05, 4.69) is 88.0 Å². The van der Waals surface area contributed by atoms with E-state index in [9.17, 15) is 0 Å². The highest BCUT2D eigenvalue weighted by atomic mass is 31.0. The Morgan fingerprint density at radius 3 is 1.88 bits per heavy atom. The Kier molecular flexibility index (Phi) is 7.48. The molecule has 0 heterocycles. The van der Waals surface area contributed by atoms with Gasteiger partial charge >= 0.3 is 0 Å². The van der Waals surface area contributed by atoms with Crippen molar-refractivity contribution < 1.29 is 0 Å². The largest absolute Gasteiger partial charge is 0.105 e. The van der Waals surface area contributed by atoms with Gasteiger partial charge in [0.25, 0.3) is 0 Å². The normalized spacial score (nSPS) is 11.8. The first-order valence-corrected chi connectivity index (χ1v) is 10.9. The minimum Gasteiger partial charge on any atom is -0.105 e. The molecule has 1 atom stereocenters. The van der Waals surface area contributed by atoms with Crippen molar-refractivity contribution in [3.63, 3.8) is 0 Å². The first-order valence-electron chi connectivity index (χ1n) is 10.3. The lowest BCUT2D eigenvalue weighted by molar-refractivity contribution is 0.797. The fourth-order valence-corrected chi connectivity index (χ4v) is 4.16. The Bertz CT molecular complexity index is 709. The summed E-state index contributed by atoms with van der Waals surface area (Å²) in [6.45, 7) is 16.2. The van der Waals surface area contributed by atoms with E-state index < -0.39 is 0 Å². The lowest BCUT2D eigenvalue weighted by Gasteiger charge is -2.25. The molecule has 0 saturated heterocycles. The van der Waals surface area contributed by atoms with E-state index in [1.807, 2.05) is 0 Å². The van der Waals surface area contributed by atoms with Gasteiger partial charge in [0.05, 0.1) is 0 Å². The topological polar surface area (TPSA) is 0 Å². The maximum atomic E-state index is 3.05. The molecule has 0 aliphatic rings. The van der Waals surface area contributed by atoms with Gasteiger partial charge in [-0.05, 0) is 69.3 Å². The van der Waals surface area contributed by atoms with E-state index in [1.165, 1.54) is 57.9 Å². The van der Waals surface area contributed by atoms with Crippen LogP contribution in [0, 0.1) is 0 Å². The van der Waals surface area contributed by atoms with Crippen molar-refractivity contribution in [2.45, 2.75) is 85.5 Å². The van der Waals surface area contributed by atoms with Crippen LogP contribution in [0.5, 0.6) is 0 Å². The number of rotatable bonds is 7. The van der Waals surface area contributed by atoms with Crippen LogP contribution in [0.3, 0.4) is 0 Å². The Morgan fingerprint density at radius 2 is 1.42 bits per heavy atom. The monoisotopic (exact) mass is 368 g/mol. The molecule has 0 radical (unpaired) electrons. The summed E-state index contributed by atoms with van der Waals surface area (Å²) >= 11 is 0. The summed E-state index contributed by atoms with van der Waals surface area (Å²) in [7, 11) is 3.05. The zero-order valence-electron chi connectivity index (χ0n) is 17.8. The molecule has 0 aliphatic heterocycles. The number of hydrogen-bond donors (Lipinski definition) is 0. The maximum Gasteiger partial charge on any atom is -0.0104 e. The molecule has 0 aliphatic carbocycles. The average Bonchev–Trinajstić information content (AvgIpc) is 2.59. The van der Waals surface area contributed by atoms with Crippen molar-refractivity contribution in [3.05, 3.63) is 52.6 Å². The van der Waals surface area contributed by atoms with Crippen LogP contribution >= 0.6 is 9.24 Å². The molecule has 26 heavy (non-hydrogen) atoms. The minimum absolute atomic E-state index is 0.518. The zero-order chi connectivity index (χ0) is 19.4. The summed E-state index contributed by atoms with van der Waals surface area (Å²) in [4.78, 5) is 0. The van der Waals surface area contributed by atoms with E-state index in [1.54, 1.807) is 0 Å². The van der Waals surface area contributed by atoms with Gasteiger partial charge in [0.15, 0.2) is 0 Å². The predicted octanol–water partition coefficient (Wildman–Crippen LogP) is 7.57. The highest BCUT2D eigenvalue weighted by molar-refractivity contribution is 7.28. The van der Waals surface area contributed by atoms with E-state index in [-0.39, 0.29) is 0 Å². The van der Waals surface area contributed by atoms with Crippen LogP contribution in [-0.4, -0.2) is 0 Å². The number of aryl methyl sites for hydroxylation is 1. The minimum atomic E-state index is 0.518. The Hall–Kier alpha value is -1.13. The van der Waals surface area contributed by atoms with Crippen molar-refractivity contribution in [2.75, 3.05) is 0 Å². The molecule has 0 amide bonds. The summed E-state index contributed by atoms with van der Waals surface area (Å²) in [5, 5.41) is 1.39. The highest BCUT2D eigenvalue weighted by Gasteiger charge is 2.20. The van der Waals surface area contributed by atoms with Crippen LogP contribution < -0.4 is 5.30 Å². The third-order valence-corrected chi connectivity index (χ3v) is 6.08. The second-order valence-corrected chi connectivity index (χ2v) is 9.10. The summed E-state index contributed by atoms with van der Waals surface area (Å²) in [6, 6.07) is 11.8. The van der Waals surface area contributed by atoms with Gasteiger partial charge in [-0.1, -0.05) is 85.2 Å². The standard InChI is InChI=1S/C25H37P/c1-8-9-11-19-12-10-13-21(25(19)26)24-22(17(4)5)14-20(16(2)3)15-23(24)18(6)7/h10,12-18H,8-9,11,26H2,1-7H3. The van der Waals surface area contributed by atoms with E-state index in [0.717, 1.165) is 0 Å². The van der Waals surface area contributed by atoms with Crippen LogP contribution in [0.25, 0.3) is 11.1 Å². The zero-order valence-corrected chi connectivity index (χ0v) is 19.0. The molecule has 0 fully saturated rings. The molecule has 0 saturated carbocycles. The SMILES string of the molecule is CCCCc1cccc(-c2c(C(C)C)cc(C(C)C)cc2C(C)C)c1P. The van der Waals surface area contributed by atoms with Crippen LogP contribution in [0.4, 0.5) is 0 Å². The van der Waals surface area contributed by atoms with Crippen molar-refractivity contribution in [1.29, 1.82) is 0 Å². The quantitative estimate of drug-likeness (QED) is 0.442. The van der Waals surface area contributed by atoms with Crippen LogP contribution in [0.2, 0.25) is 0 Å². The van der Waals surface area contributed by atoms with E-state index in [0.29, 0.717) is 17.8 Å². The van der Waals surface area contributed by atoms with Gasteiger partial charge in [-0.3, -0.25) is 0 Å². The fourth-order valence-electron chi connectivity index (χ4n) is 3.68. The maximum absolute atomic E-state index is 3.05. The van der Waals surface area contributed by atoms with Crippen LogP contribution in [-0.2, 0) is 6.42 Å². The molecule has 2 aromatic carbocycles. The van der Waals surface area contributed by atoms with Crippen molar-refractivity contribution >= 4 is 14.5 Å². The molecule has 0 spiro atoms. The first kappa shape index (κ1) is 21.2. The van der Waals surface area contributed by atoms with Gasteiger partial charge in [-0.2, -0.15) is 0 Å². The molecule has 1 unspecified atom stereocenters. The highest BCUT2D eigenvalue weighted by Crippen LogP contribution is 2.39. The number of benzene rings is 2. The average molecular weight is 369 g/mol. The molecular weight excluding hydrogens is 331 g/mol. The van der Waals surface area contributed by atoms with Crippen LogP contribution in [0.1, 0.15) is 101 Å². The van der Waals surface area contributed by atoms with E-state index in [4.69, 9.17) is 0 Å². The lowest BCUT2D eigenvalue weighted by Crippen LogP contribution is -2.10. The van der Waals surface area contributed by atoms with Crippen molar-refractivity contribution in [2.24, 2.45) is 0 Å². The molecular formula is C25H37P. The lowest BCUT2D eigenvalue weighted by atomic mass is 9.81. The molecule has 142 valence electrons. The molecule has 0 bridgehead atoms. The van der Waals surface area contributed by atoms with Crippen LogP contribution in [0.15, 0.2) is 30.3 Å². The summed E-state index contributed by atoms with van der Waals surface area (Å²) in [5.74, 6) is 1.60. The van der Waals surface area contributed by atoms with E-state index >= 15 is 0 Å². The Balaban J connectivity index is 2.76. The smallest absolute Gasteiger partial charge is 0.0104 e. The molecule has 0 aromatic heterocycles. The summed E-state index contributed by atoms with van der Waals surface area (Å²) < 4.78 is 0. The second kappa shape index (κ2) is 9.18. The molecule has 2 rings (SSSR count). The van der Waals surface area contributed by atoms with Gasteiger partial charge in [-0.15, -0.1) is 9.24 Å². The third kappa shape index (κ3) is 4.58. The number of hydrogen-bond acceptors (Lipinski definition) is 0. The van der Waals surface area contributed by atoms with Crippen molar-refractivity contribution in [1.82, 2.24) is 0 Å². The molecule has 1 heteroatoms. The predicted molar refractivity (Wildman–Crippen MR) is 122 cm³/mol. The summed E-state index contributed by atoms with van der Waals surface area (Å²) in [5.41, 5.74) is 8.82. The Labute approximate surface area is 164 Å². The van der Waals surface area contributed by atoms with Gasteiger partial charge in [0.2, 0.25) is 0 Å². The third-order valence-electron chi connectivity index (χ3n) is 5.40. The van der Waals surface area contributed by atoms with Crippen molar-refractivity contribution in [3.8, 4) is 11.1 Å².